The topological polar surface area (TPSA) is 32.7 Å². The van der Waals surface area contributed by atoms with E-state index in [1.54, 1.807) is 0 Å². The van der Waals surface area contributed by atoms with E-state index in [1.165, 1.54) is 89.9 Å². The molecule has 140 valence electrons. The number of rotatable bonds is 6. The first-order valence-electron chi connectivity index (χ1n) is 10.7. The third kappa shape index (κ3) is 4.53. The van der Waals surface area contributed by atoms with Gasteiger partial charge in [-0.3, -0.25) is 0 Å². The molecule has 3 fully saturated rings. The molecule has 3 rings (SSSR count). The van der Waals surface area contributed by atoms with Crippen LogP contribution in [0.5, 0.6) is 0 Å². The Kier molecular flexibility index (Phi) is 6.62. The summed E-state index contributed by atoms with van der Waals surface area (Å²) >= 11 is 0. The van der Waals surface area contributed by atoms with Crippen molar-refractivity contribution in [1.82, 2.24) is 4.90 Å². The van der Waals surface area contributed by atoms with Crippen LogP contribution < -0.4 is 0 Å². The summed E-state index contributed by atoms with van der Waals surface area (Å²) < 4.78 is 6.37. The van der Waals surface area contributed by atoms with Gasteiger partial charge < -0.3 is 9.84 Å². The first kappa shape index (κ1) is 18.7. The molecule has 0 aromatic heterocycles. The van der Waals surface area contributed by atoms with E-state index in [9.17, 15) is 5.11 Å². The summed E-state index contributed by atoms with van der Waals surface area (Å²) in [5, 5.41) is 11.1. The van der Waals surface area contributed by atoms with Crippen molar-refractivity contribution in [1.29, 1.82) is 0 Å². The van der Waals surface area contributed by atoms with Crippen molar-refractivity contribution < 1.29 is 9.84 Å². The number of nitrogens with zero attached hydrogens (tertiary/aromatic N) is 1. The van der Waals surface area contributed by atoms with Crippen LogP contribution in [0.25, 0.3) is 0 Å². The lowest BCUT2D eigenvalue weighted by atomic mass is 9.88. The van der Waals surface area contributed by atoms with Crippen molar-refractivity contribution in [3.8, 4) is 0 Å². The van der Waals surface area contributed by atoms with Gasteiger partial charge in [-0.25, -0.2) is 4.90 Å². The van der Waals surface area contributed by atoms with Crippen molar-refractivity contribution >= 4 is 0 Å². The maximum atomic E-state index is 11.1. The van der Waals surface area contributed by atoms with E-state index < -0.39 is 6.41 Å². The molecule has 3 aliphatic rings. The Hall–Kier alpha value is -0.120. The zero-order chi connectivity index (χ0) is 17.0. The minimum Gasteiger partial charge on any atom is -0.356 e. The van der Waals surface area contributed by atoms with Gasteiger partial charge in [0, 0.05) is 12.1 Å². The summed E-state index contributed by atoms with van der Waals surface area (Å²) in [5.41, 5.74) is -0.211. The van der Waals surface area contributed by atoms with Crippen LogP contribution in [0, 0.1) is 5.92 Å². The van der Waals surface area contributed by atoms with Crippen LogP contribution in [-0.4, -0.2) is 34.1 Å². The fourth-order valence-electron chi connectivity index (χ4n) is 5.47. The fraction of sp³-hybridized carbons (Fsp3) is 1.00. The van der Waals surface area contributed by atoms with Gasteiger partial charge in [0.25, 0.3) is 0 Å². The predicted molar refractivity (Wildman–Crippen MR) is 98.7 cm³/mol. The van der Waals surface area contributed by atoms with Crippen LogP contribution in [0.4, 0.5) is 0 Å². The van der Waals surface area contributed by atoms with Gasteiger partial charge in [0.15, 0.2) is 0 Å². The quantitative estimate of drug-likeness (QED) is 0.675. The van der Waals surface area contributed by atoms with Crippen LogP contribution in [0.2, 0.25) is 0 Å². The van der Waals surface area contributed by atoms with E-state index in [1.807, 2.05) is 0 Å². The monoisotopic (exact) mass is 337 g/mol. The van der Waals surface area contributed by atoms with E-state index in [0.29, 0.717) is 18.0 Å². The zero-order valence-electron chi connectivity index (χ0n) is 16.0. The van der Waals surface area contributed by atoms with Gasteiger partial charge in [-0.1, -0.05) is 51.4 Å². The van der Waals surface area contributed by atoms with Crippen molar-refractivity contribution in [2.45, 2.75) is 128 Å². The lowest BCUT2D eigenvalue weighted by Gasteiger charge is -2.46. The summed E-state index contributed by atoms with van der Waals surface area (Å²) in [6, 6.07) is 1.05. The molecule has 3 heteroatoms. The van der Waals surface area contributed by atoms with Crippen LogP contribution in [0.1, 0.15) is 104 Å². The van der Waals surface area contributed by atoms with Gasteiger partial charge in [0.2, 0.25) is 6.41 Å². The molecule has 0 bridgehead atoms. The maximum Gasteiger partial charge on any atom is 0.217 e. The predicted octanol–water partition coefficient (Wildman–Crippen LogP) is 5.22. The molecule has 0 aromatic carbocycles. The van der Waals surface area contributed by atoms with E-state index in [-0.39, 0.29) is 5.60 Å². The van der Waals surface area contributed by atoms with E-state index in [2.05, 4.69) is 18.7 Å². The average Bonchev–Trinajstić information content (AvgIpc) is 3.12. The number of ether oxygens (including phenoxy) is 1. The molecule has 3 nitrogen and oxygen atoms in total. The van der Waals surface area contributed by atoms with Gasteiger partial charge in [-0.15, -0.1) is 0 Å². The summed E-state index contributed by atoms with van der Waals surface area (Å²) in [7, 11) is 0. The second-order valence-electron chi connectivity index (χ2n) is 9.06. The normalized spacial score (nSPS) is 27.0. The first-order chi connectivity index (χ1) is 11.6. The number of hydrogen-bond donors (Lipinski definition) is 1. The molecule has 0 heterocycles. The van der Waals surface area contributed by atoms with E-state index >= 15 is 0 Å². The molecule has 0 amide bonds. The maximum absolute atomic E-state index is 11.1. The Morgan fingerprint density at radius 3 is 1.62 bits per heavy atom. The Morgan fingerprint density at radius 1 is 0.750 bits per heavy atom. The lowest BCUT2D eigenvalue weighted by molar-refractivity contribution is -0.276. The van der Waals surface area contributed by atoms with Gasteiger partial charge in [0.05, 0.1) is 5.60 Å². The number of aliphatic hydroxyl groups excluding tert-OH is 1. The van der Waals surface area contributed by atoms with Crippen molar-refractivity contribution in [2.75, 3.05) is 0 Å². The summed E-state index contributed by atoms with van der Waals surface area (Å²) in [5.74, 6) is 0.603. The Morgan fingerprint density at radius 2 is 1.17 bits per heavy atom. The smallest absolute Gasteiger partial charge is 0.217 e. The van der Waals surface area contributed by atoms with Crippen molar-refractivity contribution in [3.63, 3.8) is 0 Å². The molecule has 3 saturated carbocycles. The van der Waals surface area contributed by atoms with Crippen molar-refractivity contribution in [2.24, 2.45) is 5.92 Å². The van der Waals surface area contributed by atoms with Crippen LogP contribution in [-0.2, 0) is 4.74 Å². The van der Waals surface area contributed by atoms with Gasteiger partial charge in [0.1, 0.15) is 0 Å². The summed E-state index contributed by atoms with van der Waals surface area (Å²) in [6.07, 6.45) is 17.4. The third-order valence-corrected chi connectivity index (χ3v) is 7.00. The number of hydrogen-bond acceptors (Lipinski definition) is 3. The van der Waals surface area contributed by atoms with Gasteiger partial charge in [-0.2, -0.15) is 0 Å². The van der Waals surface area contributed by atoms with Gasteiger partial charge >= 0.3 is 0 Å². The summed E-state index contributed by atoms with van der Waals surface area (Å²) in [6.45, 7) is 4.40. The fourth-order valence-corrected chi connectivity index (χ4v) is 5.47. The minimum absolute atomic E-state index is 0.211. The molecule has 0 unspecified atom stereocenters. The lowest BCUT2D eigenvalue weighted by Crippen LogP contribution is -2.54. The van der Waals surface area contributed by atoms with E-state index in [4.69, 9.17) is 4.74 Å². The molecule has 0 radical (unpaired) electrons. The van der Waals surface area contributed by atoms with Gasteiger partial charge in [-0.05, 0) is 58.3 Å². The van der Waals surface area contributed by atoms with Crippen LogP contribution in [0.3, 0.4) is 0 Å². The molecule has 0 aliphatic heterocycles. The first-order valence-corrected chi connectivity index (χ1v) is 10.7. The molecule has 1 atom stereocenters. The molecule has 24 heavy (non-hydrogen) atoms. The second-order valence-corrected chi connectivity index (χ2v) is 9.06. The van der Waals surface area contributed by atoms with Crippen molar-refractivity contribution in [3.05, 3.63) is 0 Å². The third-order valence-electron chi connectivity index (χ3n) is 7.00. The highest BCUT2D eigenvalue weighted by atomic mass is 16.6. The molecular weight excluding hydrogens is 298 g/mol. The van der Waals surface area contributed by atoms with Crippen LogP contribution in [0.15, 0.2) is 0 Å². The molecule has 0 spiro atoms. The Balaban J connectivity index is 1.68. The Bertz CT molecular complexity index is 348. The molecule has 3 aliphatic carbocycles. The standard InChI is InChI=1S/C21H39NO2/c1-21(2,17-11-9-10-12-17)24-20(23)22(18-13-5-3-6-14-18)19-15-7-4-8-16-19/h17-20,23H,3-16H2,1-2H3/t20-/m0/s1. The minimum atomic E-state index is -0.716. The number of aliphatic hydroxyl groups is 1. The highest BCUT2D eigenvalue weighted by Gasteiger charge is 2.39. The SMILES string of the molecule is CC(C)(O[C@H](O)N(C1CCCCC1)C1CCCCC1)C1CCCC1. The largest absolute Gasteiger partial charge is 0.356 e. The second kappa shape index (κ2) is 8.51. The Labute approximate surface area is 149 Å². The molecule has 1 N–H and O–H groups in total. The average molecular weight is 338 g/mol. The zero-order valence-corrected chi connectivity index (χ0v) is 16.0. The van der Waals surface area contributed by atoms with E-state index in [0.717, 1.165) is 0 Å². The molecule has 0 aromatic rings. The highest BCUT2D eigenvalue weighted by Crippen LogP contribution is 2.38. The molecular formula is C21H39NO2. The molecule has 0 saturated heterocycles. The highest BCUT2D eigenvalue weighted by molar-refractivity contribution is 4.87. The summed E-state index contributed by atoms with van der Waals surface area (Å²) in [4.78, 5) is 2.40. The van der Waals surface area contributed by atoms with Crippen LogP contribution >= 0.6 is 0 Å².